The number of amides is 1. The molecule has 0 fully saturated rings. The van der Waals surface area contributed by atoms with Crippen molar-refractivity contribution in [2.75, 3.05) is 7.11 Å². The van der Waals surface area contributed by atoms with Crippen LogP contribution >= 0.6 is 0 Å². The summed E-state index contributed by atoms with van der Waals surface area (Å²) < 4.78 is 25.2. The molecule has 0 saturated heterocycles. The van der Waals surface area contributed by atoms with Gasteiger partial charge in [0.05, 0.1) is 17.9 Å². The van der Waals surface area contributed by atoms with E-state index in [4.69, 9.17) is 9.47 Å². The Labute approximate surface area is 185 Å². The number of phenols is 1. The van der Waals surface area contributed by atoms with E-state index in [1.54, 1.807) is 31.5 Å². The maximum atomic E-state index is 12.0. The van der Waals surface area contributed by atoms with Gasteiger partial charge in [-0.15, -0.1) is 0 Å². The van der Waals surface area contributed by atoms with Crippen LogP contribution in [0.5, 0.6) is 17.4 Å². The number of aromatic nitrogens is 1. The lowest BCUT2D eigenvalue weighted by molar-refractivity contribution is -0.114. The first-order valence-electron chi connectivity index (χ1n) is 9.71. The highest BCUT2D eigenvalue weighted by molar-refractivity contribution is 7.94. The molecule has 3 heterocycles. The number of aliphatic hydroxyl groups is 1. The van der Waals surface area contributed by atoms with E-state index in [-0.39, 0.29) is 16.2 Å². The highest BCUT2D eigenvalue weighted by Crippen LogP contribution is 2.47. The molecule has 0 radical (unpaired) electrons. The molecule has 2 aliphatic heterocycles. The molecule has 32 heavy (non-hydrogen) atoms. The molecule has 0 spiro atoms. The Hall–Kier alpha value is -3.69. The number of hydrogen-bond acceptors (Lipinski definition) is 7. The largest absolute Gasteiger partial charge is 0.507 e. The average molecular weight is 450 g/mol. The van der Waals surface area contributed by atoms with Gasteiger partial charge >= 0.3 is 0 Å². The van der Waals surface area contributed by atoms with Crippen molar-refractivity contribution in [2.45, 2.75) is 12.2 Å². The van der Waals surface area contributed by atoms with Gasteiger partial charge < -0.3 is 19.7 Å². The molecule has 0 aliphatic carbocycles. The van der Waals surface area contributed by atoms with Crippen molar-refractivity contribution in [1.82, 2.24) is 9.71 Å². The summed E-state index contributed by atoms with van der Waals surface area (Å²) in [5.74, 6) is -0.134. The summed E-state index contributed by atoms with van der Waals surface area (Å²) in [6.07, 6.45) is 1.71. The first-order valence-corrected chi connectivity index (χ1v) is 10.9. The van der Waals surface area contributed by atoms with Crippen LogP contribution in [0.2, 0.25) is 0 Å². The summed E-state index contributed by atoms with van der Waals surface area (Å²) in [5, 5.41) is 21.3. The second-order valence-corrected chi connectivity index (χ2v) is 8.50. The molecular weight excluding hydrogens is 432 g/mol. The van der Waals surface area contributed by atoms with E-state index in [1.165, 1.54) is 12.1 Å². The molecule has 2 aromatic carbocycles. The van der Waals surface area contributed by atoms with Gasteiger partial charge in [-0.1, -0.05) is 24.3 Å². The molecule has 1 amide bonds. The molecule has 3 unspecified atom stereocenters. The number of para-hydroxylation sites is 1. The van der Waals surface area contributed by atoms with Gasteiger partial charge in [0.2, 0.25) is 12.2 Å². The Morgan fingerprint density at radius 2 is 2.00 bits per heavy atom. The van der Waals surface area contributed by atoms with Gasteiger partial charge in [0.25, 0.3) is 5.91 Å². The normalized spacial score (nSPS) is 21.5. The summed E-state index contributed by atoms with van der Waals surface area (Å²) in [5.41, 5.74) is 3.25. The second kappa shape index (κ2) is 7.77. The number of benzene rings is 2. The van der Waals surface area contributed by atoms with Gasteiger partial charge in [-0.25, -0.2) is 9.19 Å². The van der Waals surface area contributed by atoms with Crippen LogP contribution < -0.4 is 14.2 Å². The van der Waals surface area contributed by atoms with Gasteiger partial charge in [-0.3, -0.25) is 9.52 Å². The molecule has 8 nitrogen and oxygen atoms in total. The molecule has 2 aliphatic rings. The van der Waals surface area contributed by atoms with Gasteiger partial charge in [-0.05, 0) is 23.8 Å². The molecule has 162 valence electrons. The second-order valence-electron chi connectivity index (χ2n) is 7.32. The number of pyridine rings is 1. The Balaban J connectivity index is 1.53. The lowest BCUT2D eigenvalue weighted by Crippen LogP contribution is -2.18. The predicted molar refractivity (Wildman–Crippen MR) is 117 cm³/mol. The van der Waals surface area contributed by atoms with E-state index >= 15 is 0 Å². The SMILES string of the molecule is COc1ccc(-c2cccc3c2OC(O)C3c2ccc(C3=CC(=O)NS3=O)c(O)c2)cn1. The lowest BCUT2D eigenvalue weighted by atomic mass is 9.89. The zero-order valence-electron chi connectivity index (χ0n) is 16.8. The highest BCUT2D eigenvalue weighted by Gasteiger charge is 2.36. The number of carbonyl (C=O) groups is 1. The number of methoxy groups -OCH3 is 1. The number of nitrogens with one attached hydrogen (secondary N) is 1. The molecule has 3 aromatic rings. The van der Waals surface area contributed by atoms with E-state index in [0.29, 0.717) is 17.2 Å². The molecule has 3 N–H and O–H groups in total. The fourth-order valence-electron chi connectivity index (χ4n) is 3.98. The standard InChI is InChI=1S/C23H18N2O6S/c1-30-20-8-6-13(11-24-20)14-3-2-4-16-21(23(28)31-22(14)16)12-5-7-15(17(26)9-12)18-10-19(27)25-32(18)29/h2-11,21,23,26,28H,1H3,(H,25,27). The monoisotopic (exact) mass is 450 g/mol. The van der Waals surface area contributed by atoms with Gasteiger partial charge in [0, 0.05) is 40.6 Å². The number of ether oxygens (including phenoxy) is 2. The van der Waals surface area contributed by atoms with E-state index in [0.717, 1.165) is 16.7 Å². The number of rotatable bonds is 4. The van der Waals surface area contributed by atoms with Crippen LogP contribution in [0.15, 0.2) is 60.8 Å². The van der Waals surface area contributed by atoms with Crippen molar-refractivity contribution >= 4 is 21.8 Å². The number of phenolic OH excluding ortho intramolecular Hbond substituents is 1. The van der Waals surface area contributed by atoms with Crippen molar-refractivity contribution in [3.05, 3.63) is 77.5 Å². The van der Waals surface area contributed by atoms with Crippen LogP contribution in [0.25, 0.3) is 16.0 Å². The van der Waals surface area contributed by atoms with Crippen LogP contribution in [0.4, 0.5) is 0 Å². The van der Waals surface area contributed by atoms with Crippen molar-refractivity contribution in [2.24, 2.45) is 0 Å². The summed E-state index contributed by atoms with van der Waals surface area (Å²) in [6.45, 7) is 0. The number of carbonyl (C=O) groups excluding carboxylic acids is 1. The minimum atomic E-state index is -1.72. The van der Waals surface area contributed by atoms with E-state index in [1.807, 2.05) is 24.3 Å². The summed E-state index contributed by atoms with van der Waals surface area (Å²) in [4.78, 5) is 15.9. The van der Waals surface area contributed by atoms with Crippen molar-refractivity contribution in [1.29, 1.82) is 0 Å². The van der Waals surface area contributed by atoms with Crippen LogP contribution in [0.3, 0.4) is 0 Å². The van der Waals surface area contributed by atoms with Crippen LogP contribution in [0, 0.1) is 0 Å². The molecule has 9 heteroatoms. The zero-order valence-corrected chi connectivity index (χ0v) is 17.6. The quantitative estimate of drug-likeness (QED) is 0.559. The highest BCUT2D eigenvalue weighted by atomic mass is 32.2. The first-order chi connectivity index (χ1) is 15.5. The van der Waals surface area contributed by atoms with Gasteiger partial charge in [0.1, 0.15) is 11.5 Å². The molecule has 1 aromatic heterocycles. The third-order valence-corrected chi connectivity index (χ3v) is 6.59. The maximum absolute atomic E-state index is 12.0. The number of nitrogens with zero attached hydrogens (tertiary/aromatic N) is 1. The first kappa shape index (κ1) is 20.2. The molecule has 0 bridgehead atoms. The topological polar surface area (TPSA) is 118 Å². The van der Waals surface area contributed by atoms with Crippen LogP contribution in [-0.2, 0) is 15.8 Å². The zero-order chi connectivity index (χ0) is 22.4. The van der Waals surface area contributed by atoms with E-state index < -0.39 is 29.1 Å². The lowest BCUT2D eigenvalue weighted by Gasteiger charge is -2.15. The van der Waals surface area contributed by atoms with E-state index in [9.17, 15) is 19.2 Å². The van der Waals surface area contributed by atoms with Crippen molar-refractivity contribution in [3.8, 4) is 28.5 Å². The fourth-order valence-corrected chi connectivity index (χ4v) is 4.92. The summed E-state index contributed by atoms with van der Waals surface area (Å²) >= 11 is 0. The predicted octanol–water partition coefficient (Wildman–Crippen LogP) is 2.44. The minimum absolute atomic E-state index is 0.144. The summed E-state index contributed by atoms with van der Waals surface area (Å²) in [6, 6.07) is 14.0. The van der Waals surface area contributed by atoms with Crippen molar-refractivity contribution in [3.63, 3.8) is 0 Å². The average Bonchev–Trinajstić information content (AvgIpc) is 3.30. The molecule has 0 saturated carbocycles. The number of aliphatic hydroxyl groups excluding tert-OH is 1. The maximum Gasteiger partial charge on any atom is 0.257 e. The third-order valence-electron chi connectivity index (χ3n) is 5.46. The van der Waals surface area contributed by atoms with Crippen LogP contribution in [0.1, 0.15) is 22.6 Å². The molecular formula is C23H18N2O6S. The molecule has 5 rings (SSSR count). The summed E-state index contributed by atoms with van der Waals surface area (Å²) in [7, 11) is -0.174. The number of fused-ring (bicyclic) bond motifs is 1. The molecule has 3 atom stereocenters. The Morgan fingerprint density at radius 1 is 1.16 bits per heavy atom. The van der Waals surface area contributed by atoms with Crippen LogP contribution in [-0.4, -0.2) is 38.7 Å². The van der Waals surface area contributed by atoms with Gasteiger partial charge in [-0.2, -0.15) is 0 Å². The fraction of sp³-hybridized carbons (Fsp3) is 0.130. The van der Waals surface area contributed by atoms with Crippen molar-refractivity contribution < 1.29 is 28.7 Å². The minimum Gasteiger partial charge on any atom is -0.507 e. The number of aromatic hydroxyl groups is 1. The van der Waals surface area contributed by atoms with Gasteiger partial charge in [0.15, 0.2) is 11.0 Å². The number of hydrogen-bond donors (Lipinski definition) is 3. The Kier molecular flexibility index (Phi) is 4.91. The Morgan fingerprint density at radius 3 is 2.66 bits per heavy atom. The van der Waals surface area contributed by atoms with E-state index in [2.05, 4.69) is 9.71 Å². The Bertz CT molecular complexity index is 1290. The smallest absolute Gasteiger partial charge is 0.257 e. The third kappa shape index (κ3) is 3.31.